The van der Waals surface area contributed by atoms with E-state index in [2.05, 4.69) is 4.99 Å². The smallest absolute Gasteiger partial charge is 0.278 e. The van der Waals surface area contributed by atoms with Gasteiger partial charge in [0, 0.05) is 18.2 Å². The molecular weight excluding hydrogens is 296 g/mol. The van der Waals surface area contributed by atoms with Crippen LogP contribution in [0.25, 0.3) is 0 Å². The highest BCUT2D eigenvalue weighted by molar-refractivity contribution is 6.16. The van der Waals surface area contributed by atoms with Gasteiger partial charge >= 0.3 is 0 Å². The van der Waals surface area contributed by atoms with Gasteiger partial charge in [-0.2, -0.15) is 0 Å². The van der Waals surface area contributed by atoms with E-state index in [0.29, 0.717) is 29.3 Å². The molecule has 0 saturated heterocycles. The standard InChI is InChI=1S/C17H16N2O4/c1-22-15-9-11-7-8-18-17(13(11)10-16(15)23-2)12-5-3-4-6-14(12)19(20)21/h3-6,9-10H,7-8H2,1-2H3. The number of hydrogen-bond acceptors (Lipinski definition) is 5. The van der Waals surface area contributed by atoms with E-state index in [9.17, 15) is 10.1 Å². The Hall–Kier alpha value is -2.89. The van der Waals surface area contributed by atoms with Crippen LogP contribution in [0.15, 0.2) is 41.4 Å². The quantitative estimate of drug-likeness (QED) is 0.642. The van der Waals surface area contributed by atoms with Gasteiger partial charge in [0.15, 0.2) is 11.5 Å². The molecule has 3 rings (SSSR count). The molecule has 2 aromatic carbocycles. The number of fused-ring (bicyclic) bond motifs is 1. The lowest BCUT2D eigenvalue weighted by molar-refractivity contribution is -0.385. The summed E-state index contributed by atoms with van der Waals surface area (Å²) in [5.74, 6) is 1.23. The molecule has 2 aromatic rings. The molecule has 0 saturated carbocycles. The van der Waals surface area contributed by atoms with E-state index in [1.54, 1.807) is 32.4 Å². The number of ether oxygens (including phenoxy) is 2. The molecule has 118 valence electrons. The van der Waals surface area contributed by atoms with Crippen molar-refractivity contribution >= 4 is 11.4 Å². The van der Waals surface area contributed by atoms with Crippen molar-refractivity contribution in [2.24, 2.45) is 4.99 Å². The van der Waals surface area contributed by atoms with E-state index in [4.69, 9.17) is 9.47 Å². The van der Waals surface area contributed by atoms with E-state index < -0.39 is 0 Å². The van der Waals surface area contributed by atoms with E-state index in [1.165, 1.54) is 6.07 Å². The number of aliphatic imine (C=N–C) groups is 1. The van der Waals surface area contributed by atoms with Gasteiger partial charge in [0.05, 0.1) is 30.4 Å². The van der Waals surface area contributed by atoms with Gasteiger partial charge in [-0.1, -0.05) is 12.1 Å². The first-order valence-corrected chi connectivity index (χ1v) is 7.19. The average molecular weight is 312 g/mol. The van der Waals surface area contributed by atoms with Gasteiger partial charge in [0.1, 0.15) is 0 Å². The minimum absolute atomic E-state index is 0.0499. The van der Waals surface area contributed by atoms with Crippen LogP contribution in [0.5, 0.6) is 11.5 Å². The molecule has 6 heteroatoms. The van der Waals surface area contributed by atoms with Gasteiger partial charge in [-0.3, -0.25) is 15.1 Å². The maximum atomic E-state index is 11.3. The Balaban J connectivity index is 2.18. The van der Waals surface area contributed by atoms with Crippen molar-refractivity contribution < 1.29 is 14.4 Å². The SMILES string of the molecule is COc1cc2c(cc1OC)C(c1ccccc1[N+](=O)[O-])=NCC2. The molecular formula is C17H16N2O4. The Labute approximate surface area is 133 Å². The van der Waals surface area contributed by atoms with Crippen LogP contribution in [0.2, 0.25) is 0 Å². The fourth-order valence-electron chi connectivity index (χ4n) is 2.79. The van der Waals surface area contributed by atoms with Crippen molar-refractivity contribution in [3.8, 4) is 11.5 Å². The van der Waals surface area contributed by atoms with Gasteiger partial charge in [-0.15, -0.1) is 0 Å². The van der Waals surface area contributed by atoms with Crippen LogP contribution >= 0.6 is 0 Å². The Morgan fingerprint density at radius 2 is 1.78 bits per heavy atom. The maximum absolute atomic E-state index is 11.3. The second-order valence-electron chi connectivity index (χ2n) is 5.12. The summed E-state index contributed by atoms with van der Waals surface area (Å²) in [6.07, 6.45) is 0.764. The summed E-state index contributed by atoms with van der Waals surface area (Å²) in [5.41, 5.74) is 3.09. The maximum Gasteiger partial charge on any atom is 0.278 e. The van der Waals surface area contributed by atoms with Gasteiger partial charge in [0.25, 0.3) is 5.69 Å². The molecule has 0 bridgehead atoms. The average Bonchev–Trinajstić information content (AvgIpc) is 2.59. The molecule has 6 nitrogen and oxygen atoms in total. The van der Waals surface area contributed by atoms with Crippen LogP contribution in [0, 0.1) is 10.1 Å². The van der Waals surface area contributed by atoms with E-state index >= 15 is 0 Å². The highest BCUT2D eigenvalue weighted by atomic mass is 16.6. The van der Waals surface area contributed by atoms with Crippen molar-refractivity contribution in [3.63, 3.8) is 0 Å². The largest absolute Gasteiger partial charge is 0.493 e. The summed E-state index contributed by atoms with van der Waals surface area (Å²) < 4.78 is 10.7. The number of hydrogen-bond donors (Lipinski definition) is 0. The Kier molecular flexibility index (Phi) is 3.97. The van der Waals surface area contributed by atoms with Gasteiger partial charge in [-0.25, -0.2) is 0 Å². The number of benzene rings is 2. The molecule has 0 unspecified atom stereocenters. The Bertz CT molecular complexity index is 799. The topological polar surface area (TPSA) is 74.0 Å². The second kappa shape index (κ2) is 6.08. The van der Waals surface area contributed by atoms with Gasteiger partial charge in [0.2, 0.25) is 0 Å². The van der Waals surface area contributed by atoms with Gasteiger partial charge < -0.3 is 9.47 Å². The molecule has 0 aliphatic carbocycles. The first-order valence-electron chi connectivity index (χ1n) is 7.19. The zero-order valence-corrected chi connectivity index (χ0v) is 12.9. The first kappa shape index (κ1) is 15.0. The van der Waals surface area contributed by atoms with Crippen molar-refractivity contribution in [1.29, 1.82) is 0 Å². The van der Waals surface area contributed by atoms with Crippen molar-refractivity contribution in [3.05, 3.63) is 63.2 Å². The minimum Gasteiger partial charge on any atom is -0.493 e. The van der Waals surface area contributed by atoms with Gasteiger partial charge in [-0.05, 0) is 30.2 Å². The zero-order chi connectivity index (χ0) is 16.4. The lowest BCUT2D eigenvalue weighted by Gasteiger charge is -2.19. The molecule has 1 aliphatic heterocycles. The monoisotopic (exact) mass is 312 g/mol. The molecule has 1 aliphatic rings. The number of methoxy groups -OCH3 is 2. The second-order valence-corrected chi connectivity index (χ2v) is 5.12. The minimum atomic E-state index is -0.382. The molecule has 0 N–H and O–H groups in total. The number of para-hydroxylation sites is 1. The number of nitro groups is 1. The summed E-state index contributed by atoms with van der Waals surface area (Å²) in [7, 11) is 3.15. The molecule has 0 spiro atoms. The van der Waals surface area contributed by atoms with Crippen molar-refractivity contribution in [1.82, 2.24) is 0 Å². The molecule has 0 fully saturated rings. The van der Waals surface area contributed by atoms with Crippen molar-refractivity contribution in [2.75, 3.05) is 20.8 Å². The normalized spacial score (nSPS) is 13.0. The number of rotatable bonds is 4. The van der Waals surface area contributed by atoms with E-state index in [0.717, 1.165) is 17.5 Å². The van der Waals surface area contributed by atoms with Crippen LogP contribution in [0.4, 0.5) is 5.69 Å². The highest BCUT2D eigenvalue weighted by Crippen LogP contribution is 2.34. The molecule has 0 amide bonds. The fraction of sp³-hybridized carbons (Fsp3) is 0.235. The fourth-order valence-corrected chi connectivity index (χ4v) is 2.79. The molecule has 1 heterocycles. The molecule has 0 atom stereocenters. The van der Waals surface area contributed by atoms with Crippen LogP contribution < -0.4 is 9.47 Å². The van der Waals surface area contributed by atoms with Crippen LogP contribution in [0.3, 0.4) is 0 Å². The lowest BCUT2D eigenvalue weighted by Crippen LogP contribution is -2.16. The summed E-state index contributed by atoms with van der Waals surface area (Å²) in [6.45, 7) is 0.587. The van der Waals surface area contributed by atoms with E-state index in [-0.39, 0.29) is 10.6 Å². The first-order chi connectivity index (χ1) is 11.2. The third-order valence-corrected chi connectivity index (χ3v) is 3.87. The summed E-state index contributed by atoms with van der Waals surface area (Å²) in [6, 6.07) is 10.4. The third-order valence-electron chi connectivity index (χ3n) is 3.87. The number of nitro benzene ring substituents is 1. The van der Waals surface area contributed by atoms with E-state index in [1.807, 2.05) is 12.1 Å². The zero-order valence-electron chi connectivity index (χ0n) is 12.9. The van der Waals surface area contributed by atoms with Crippen LogP contribution in [-0.4, -0.2) is 31.4 Å². The summed E-state index contributed by atoms with van der Waals surface area (Å²) >= 11 is 0. The predicted octanol–water partition coefficient (Wildman–Crippen LogP) is 3.01. The Morgan fingerprint density at radius 3 is 2.48 bits per heavy atom. The number of nitrogens with zero attached hydrogens (tertiary/aromatic N) is 2. The third kappa shape index (κ3) is 2.63. The van der Waals surface area contributed by atoms with Crippen molar-refractivity contribution in [2.45, 2.75) is 6.42 Å². The predicted molar refractivity (Wildman–Crippen MR) is 86.9 cm³/mol. The highest BCUT2D eigenvalue weighted by Gasteiger charge is 2.24. The molecule has 23 heavy (non-hydrogen) atoms. The molecule has 0 radical (unpaired) electrons. The Morgan fingerprint density at radius 1 is 1.09 bits per heavy atom. The molecule has 0 aromatic heterocycles. The summed E-state index contributed by atoms with van der Waals surface area (Å²) in [4.78, 5) is 15.5. The van der Waals surface area contributed by atoms with Crippen LogP contribution in [-0.2, 0) is 6.42 Å². The lowest BCUT2D eigenvalue weighted by atomic mass is 9.92. The summed E-state index contributed by atoms with van der Waals surface area (Å²) in [5, 5.41) is 11.3. The van der Waals surface area contributed by atoms with Crippen LogP contribution in [0.1, 0.15) is 16.7 Å².